The Morgan fingerprint density at radius 3 is 2.43 bits per heavy atom. The number of carbonyl (C=O) groups excluding carboxylic acids is 1. The van der Waals surface area contributed by atoms with E-state index in [1.165, 1.54) is 17.2 Å². The molecular weight excluding hydrogens is 263 g/mol. The van der Waals surface area contributed by atoms with Crippen molar-refractivity contribution >= 4 is 18.4 Å². The molecule has 0 radical (unpaired) electrons. The van der Waals surface area contributed by atoms with Gasteiger partial charge < -0.3 is 4.79 Å². The molecule has 0 N–H and O–H groups in total. The van der Waals surface area contributed by atoms with Gasteiger partial charge in [-0.2, -0.15) is 0 Å². The number of aldehydes is 1. The Labute approximate surface area is 125 Å². The summed E-state index contributed by atoms with van der Waals surface area (Å²) in [6.45, 7) is 4.09. The summed E-state index contributed by atoms with van der Waals surface area (Å²) in [6, 6.07) is 11.1. The molecule has 21 heavy (non-hydrogen) atoms. The molecule has 0 bridgehead atoms. The van der Waals surface area contributed by atoms with E-state index in [-0.39, 0.29) is 5.82 Å². The van der Waals surface area contributed by atoms with Gasteiger partial charge in [0.15, 0.2) is 0 Å². The lowest BCUT2D eigenvalue weighted by Gasteiger charge is -2.05. The summed E-state index contributed by atoms with van der Waals surface area (Å²) in [5.41, 5.74) is 4.99. The predicted octanol–water partition coefficient (Wildman–Crippen LogP) is 4.74. The predicted molar refractivity (Wildman–Crippen MR) is 85.6 cm³/mol. The van der Waals surface area contributed by atoms with E-state index in [0.29, 0.717) is 18.4 Å². The molecule has 2 heteroatoms. The Morgan fingerprint density at radius 1 is 1.05 bits per heavy atom. The minimum atomic E-state index is -0.243. The summed E-state index contributed by atoms with van der Waals surface area (Å²) in [5.74, 6) is -0.243. The van der Waals surface area contributed by atoms with Gasteiger partial charge in [0.05, 0.1) is 0 Å². The first-order valence-electron chi connectivity index (χ1n) is 7.08. The minimum Gasteiger partial charge on any atom is -0.303 e. The van der Waals surface area contributed by atoms with Crippen LogP contribution < -0.4 is 0 Å². The second-order valence-electron chi connectivity index (χ2n) is 5.20. The van der Waals surface area contributed by atoms with Gasteiger partial charge >= 0.3 is 0 Å². The molecule has 0 aliphatic carbocycles. The maximum Gasteiger partial charge on any atom is 0.130 e. The fourth-order valence-electron chi connectivity index (χ4n) is 2.37. The van der Waals surface area contributed by atoms with Crippen LogP contribution in [0, 0.1) is 19.7 Å². The molecule has 2 rings (SSSR count). The fourth-order valence-corrected chi connectivity index (χ4v) is 2.37. The highest BCUT2D eigenvalue weighted by Crippen LogP contribution is 2.19. The Morgan fingerprint density at radius 2 is 1.76 bits per heavy atom. The van der Waals surface area contributed by atoms with Crippen LogP contribution in [0.5, 0.6) is 0 Å². The first-order chi connectivity index (χ1) is 10.1. The Bertz CT molecular complexity index is 651. The molecule has 0 atom stereocenters. The van der Waals surface area contributed by atoms with Crippen LogP contribution in [0.3, 0.4) is 0 Å². The Hall–Kier alpha value is -2.22. The minimum absolute atomic E-state index is 0.243. The number of hydrogen-bond donors (Lipinski definition) is 0. The monoisotopic (exact) mass is 282 g/mol. The number of carbonyl (C=O) groups is 1. The molecule has 0 heterocycles. The zero-order chi connectivity index (χ0) is 15.2. The van der Waals surface area contributed by atoms with Gasteiger partial charge in [0.1, 0.15) is 12.1 Å². The summed E-state index contributed by atoms with van der Waals surface area (Å²) in [6.07, 6.45) is 5.75. The molecular formula is C19H19FO. The van der Waals surface area contributed by atoms with E-state index in [1.807, 2.05) is 44.2 Å². The van der Waals surface area contributed by atoms with Crippen molar-refractivity contribution in [3.63, 3.8) is 0 Å². The Balaban J connectivity index is 2.30. The van der Waals surface area contributed by atoms with Crippen molar-refractivity contribution in [2.45, 2.75) is 26.7 Å². The number of benzene rings is 2. The van der Waals surface area contributed by atoms with E-state index in [1.54, 1.807) is 12.1 Å². The number of rotatable bonds is 5. The molecule has 0 aromatic heterocycles. The van der Waals surface area contributed by atoms with Crippen LogP contribution in [0.4, 0.5) is 4.39 Å². The lowest BCUT2D eigenvalue weighted by molar-refractivity contribution is -0.107. The molecule has 2 aromatic carbocycles. The molecule has 0 amide bonds. The molecule has 0 saturated carbocycles. The van der Waals surface area contributed by atoms with Crippen LogP contribution in [0.1, 0.15) is 34.2 Å². The average Bonchev–Trinajstić information content (AvgIpc) is 2.47. The summed E-state index contributed by atoms with van der Waals surface area (Å²) < 4.78 is 13.9. The molecule has 1 nitrogen and oxygen atoms in total. The van der Waals surface area contributed by atoms with E-state index in [4.69, 9.17) is 0 Å². The smallest absolute Gasteiger partial charge is 0.130 e. The van der Waals surface area contributed by atoms with Gasteiger partial charge in [-0.15, -0.1) is 0 Å². The average molecular weight is 282 g/mol. The lowest BCUT2D eigenvalue weighted by Crippen LogP contribution is -1.90. The van der Waals surface area contributed by atoms with Crippen molar-refractivity contribution in [1.29, 1.82) is 0 Å². The number of hydrogen-bond acceptors (Lipinski definition) is 1. The largest absolute Gasteiger partial charge is 0.303 e. The topological polar surface area (TPSA) is 17.1 Å². The van der Waals surface area contributed by atoms with Crippen LogP contribution in [0.25, 0.3) is 12.2 Å². The first-order valence-corrected chi connectivity index (χ1v) is 7.08. The van der Waals surface area contributed by atoms with Crippen LogP contribution in [0.15, 0.2) is 36.4 Å². The van der Waals surface area contributed by atoms with Gasteiger partial charge in [0, 0.05) is 12.0 Å². The van der Waals surface area contributed by atoms with Crippen molar-refractivity contribution in [2.75, 3.05) is 0 Å². The third-order valence-electron chi connectivity index (χ3n) is 3.58. The molecule has 0 aliphatic heterocycles. The van der Waals surface area contributed by atoms with Gasteiger partial charge in [-0.3, -0.25) is 0 Å². The highest BCUT2D eigenvalue weighted by atomic mass is 19.1. The van der Waals surface area contributed by atoms with Crippen molar-refractivity contribution in [3.05, 3.63) is 70.0 Å². The van der Waals surface area contributed by atoms with Crippen molar-refractivity contribution in [3.8, 4) is 0 Å². The maximum absolute atomic E-state index is 13.9. The summed E-state index contributed by atoms with van der Waals surface area (Å²) in [4.78, 5) is 10.4. The summed E-state index contributed by atoms with van der Waals surface area (Å²) in [5, 5.41) is 0. The van der Waals surface area contributed by atoms with E-state index < -0.39 is 0 Å². The van der Waals surface area contributed by atoms with Crippen molar-refractivity contribution in [1.82, 2.24) is 0 Å². The van der Waals surface area contributed by atoms with Crippen LogP contribution in [-0.2, 0) is 11.2 Å². The highest BCUT2D eigenvalue weighted by Gasteiger charge is 2.02. The maximum atomic E-state index is 13.9. The fraction of sp³-hybridized carbons (Fsp3) is 0.211. The molecule has 108 valence electrons. The van der Waals surface area contributed by atoms with Gasteiger partial charge in [0.25, 0.3) is 0 Å². The SMILES string of the molecule is Cc1cccc(C)c1C=Cc1cc(CCC=O)ccc1F. The van der Waals surface area contributed by atoms with E-state index >= 15 is 0 Å². The van der Waals surface area contributed by atoms with E-state index in [9.17, 15) is 9.18 Å². The summed E-state index contributed by atoms with van der Waals surface area (Å²) in [7, 11) is 0. The zero-order valence-corrected chi connectivity index (χ0v) is 12.4. The van der Waals surface area contributed by atoms with Gasteiger partial charge in [-0.25, -0.2) is 4.39 Å². The van der Waals surface area contributed by atoms with Crippen molar-refractivity contribution in [2.24, 2.45) is 0 Å². The van der Waals surface area contributed by atoms with E-state index in [2.05, 4.69) is 0 Å². The van der Waals surface area contributed by atoms with Crippen LogP contribution in [0.2, 0.25) is 0 Å². The van der Waals surface area contributed by atoms with Gasteiger partial charge in [0.2, 0.25) is 0 Å². The second-order valence-corrected chi connectivity index (χ2v) is 5.20. The molecule has 0 aliphatic rings. The third kappa shape index (κ3) is 3.88. The quantitative estimate of drug-likeness (QED) is 0.571. The molecule has 0 unspecified atom stereocenters. The van der Waals surface area contributed by atoms with Crippen molar-refractivity contribution < 1.29 is 9.18 Å². The van der Waals surface area contributed by atoms with Crippen LogP contribution >= 0.6 is 0 Å². The van der Waals surface area contributed by atoms with Crippen LogP contribution in [-0.4, -0.2) is 6.29 Å². The molecule has 2 aromatic rings. The molecule has 0 fully saturated rings. The normalized spacial score (nSPS) is 11.0. The highest BCUT2D eigenvalue weighted by molar-refractivity contribution is 5.73. The molecule has 0 spiro atoms. The number of aryl methyl sites for hydroxylation is 3. The standard InChI is InChI=1S/C19H19FO/c1-14-5-3-6-15(2)18(14)10-9-17-13-16(7-4-12-21)8-11-19(17)20/h3,5-6,8-13H,4,7H2,1-2H3. The Kier molecular flexibility index (Phi) is 5.04. The lowest BCUT2D eigenvalue weighted by atomic mass is 10.0. The van der Waals surface area contributed by atoms with Gasteiger partial charge in [-0.05, 0) is 54.7 Å². The second kappa shape index (κ2) is 6.98. The summed E-state index contributed by atoms with van der Waals surface area (Å²) >= 11 is 0. The molecule has 0 saturated heterocycles. The zero-order valence-electron chi connectivity index (χ0n) is 12.4. The first kappa shape index (κ1) is 15.2. The van der Waals surface area contributed by atoms with E-state index in [0.717, 1.165) is 17.4 Å². The van der Waals surface area contributed by atoms with Gasteiger partial charge in [-0.1, -0.05) is 36.4 Å². The number of halogens is 1. The third-order valence-corrected chi connectivity index (χ3v) is 3.58.